The van der Waals surface area contributed by atoms with Gasteiger partial charge in [0.05, 0.1) is 7.11 Å². The molecule has 0 N–H and O–H groups in total. The summed E-state index contributed by atoms with van der Waals surface area (Å²) in [6, 6.07) is 2.88. The van der Waals surface area contributed by atoms with Crippen molar-refractivity contribution >= 4 is 40.8 Å². The van der Waals surface area contributed by atoms with E-state index in [9.17, 15) is 4.79 Å². The van der Waals surface area contributed by atoms with E-state index in [1.54, 1.807) is 0 Å². The van der Waals surface area contributed by atoms with Crippen LogP contribution in [0.4, 0.5) is 0 Å². The van der Waals surface area contributed by atoms with Crippen molar-refractivity contribution in [1.29, 1.82) is 0 Å². The van der Waals surface area contributed by atoms with E-state index in [2.05, 4.69) is 4.74 Å². The molecule has 0 aliphatic rings. The first kappa shape index (κ1) is 12.5. The van der Waals surface area contributed by atoms with Gasteiger partial charge < -0.3 is 13.9 Å². The van der Waals surface area contributed by atoms with Crippen molar-refractivity contribution in [2.24, 2.45) is 0 Å². The molecule has 0 saturated carbocycles. The number of hydrogen-bond acceptors (Lipinski definition) is 4. The van der Waals surface area contributed by atoms with E-state index in [0.29, 0.717) is 0 Å². The fourth-order valence-corrected chi connectivity index (χ4v) is 0.922. The summed E-state index contributed by atoms with van der Waals surface area (Å²) in [5.74, 6) is -0.526. The van der Waals surface area contributed by atoms with Crippen molar-refractivity contribution < 1.29 is 18.7 Å². The monoisotopic (exact) mass is 272 g/mol. The van der Waals surface area contributed by atoms with Crippen LogP contribution >= 0.6 is 34.8 Å². The lowest BCUT2D eigenvalue weighted by atomic mass is 10.4. The van der Waals surface area contributed by atoms with E-state index < -0.39 is 9.76 Å². The smallest absolute Gasteiger partial charge is 0.374 e. The molecule has 0 amide bonds. The fourth-order valence-electron chi connectivity index (χ4n) is 0.758. The minimum absolute atomic E-state index is 0.0129. The molecule has 1 rings (SSSR count). The molecule has 1 heterocycles. The highest BCUT2D eigenvalue weighted by atomic mass is 35.6. The molecule has 0 fully saturated rings. The largest absolute Gasteiger partial charge is 0.468 e. The molecule has 4 nitrogen and oxygen atoms in total. The normalized spacial score (nSPS) is 11.2. The van der Waals surface area contributed by atoms with Gasteiger partial charge in [0.25, 0.3) is 5.95 Å². The molecule has 1 aromatic heterocycles. The van der Waals surface area contributed by atoms with E-state index in [0.717, 1.165) is 0 Å². The number of hydrogen-bond donors (Lipinski definition) is 0. The Labute approximate surface area is 101 Å². The number of furan rings is 1. The summed E-state index contributed by atoms with van der Waals surface area (Å²) in [7, 11) is 1.41. The Bertz CT molecular complexity index is 342. The van der Waals surface area contributed by atoms with Crippen LogP contribution in [0.3, 0.4) is 0 Å². The van der Waals surface area contributed by atoms with Gasteiger partial charge in [0.2, 0.25) is 9.55 Å². The van der Waals surface area contributed by atoms with Crippen LogP contribution in [0.25, 0.3) is 0 Å². The Morgan fingerprint density at radius 3 is 2.60 bits per heavy atom. The second kappa shape index (κ2) is 4.96. The number of ether oxygens (including phenoxy) is 2. The third kappa shape index (κ3) is 4.20. The lowest BCUT2D eigenvalue weighted by Gasteiger charge is -2.09. The third-order valence-corrected chi connectivity index (χ3v) is 1.68. The molecule has 0 radical (unpaired) electrons. The molecule has 0 spiro atoms. The zero-order valence-electron chi connectivity index (χ0n) is 7.63. The van der Waals surface area contributed by atoms with E-state index in [-0.39, 0.29) is 18.3 Å². The fraction of sp³-hybridized carbons (Fsp3) is 0.375. The highest BCUT2D eigenvalue weighted by Crippen LogP contribution is 2.26. The zero-order valence-corrected chi connectivity index (χ0v) is 9.90. The molecule has 0 unspecified atom stereocenters. The van der Waals surface area contributed by atoms with Gasteiger partial charge in [0.15, 0.2) is 0 Å². The SMILES string of the molecule is COc1ccc(C(=O)OCC(Cl)(Cl)Cl)o1. The first-order valence-electron chi connectivity index (χ1n) is 3.80. The number of esters is 1. The van der Waals surface area contributed by atoms with Crippen LogP contribution in [-0.4, -0.2) is 23.5 Å². The first-order valence-corrected chi connectivity index (χ1v) is 4.93. The zero-order chi connectivity index (χ0) is 11.5. The average Bonchev–Trinajstić information content (AvgIpc) is 2.61. The van der Waals surface area contributed by atoms with Crippen LogP contribution in [0.15, 0.2) is 16.5 Å². The molecule has 15 heavy (non-hydrogen) atoms. The van der Waals surface area contributed by atoms with Crippen molar-refractivity contribution in [3.63, 3.8) is 0 Å². The predicted octanol–water partition coefficient (Wildman–Crippen LogP) is 2.82. The summed E-state index contributed by atoms with van der Waals surface area (Å²) >= 11 is 16.2. The second-order valence-corrected chi connectivity index (χ2v) is 5.03. The van der Waals surface area contributed by atoms with Gasteiger partial charge in [-0.3, -0.25) is 0 Å². The van der Waals surface area contributed by atoms with Gasteiger partial charge in [-0.2, -0.15) is 0 Å². The van der Waals surface area contributed by atoms with Gasteiger partial charge in [-0.15, -0.1) is 0 Å². The standard InChI is InChI=1S/C8H7Cl3O4/c1-13-6-3-2-5(15-6)7(12)14-4-8(9,10)11/h2-3H,4H2,1H3. The summed E-state index contributed by atoms with van der Waals surface area (Å²) in [6.07, 6.45) is 0. The maximum atomic E-state index is 11.3. The Morgan fingerprint density at radius 2 is 2.13 bits per heavy atom. The number of methoxy groups -OCH3 is 1. The molecule has 0 aliphatic carbocycles. The van der Waals surface area contributed by atoms with Crippen LogP contribution in [0, 0.1) is 0 Å². The van der Waals surface area contributed by atoms with Crippen molar-refractivity contribution in [2.45, 2.75) is 3.79 Å². The first-order chi connectivity index (χ1) is 6.92. The van der Waals surface area contributed by atoms with Crippen molar-refractivity contribution in [1.82, 2.24) is 0 Å². The molecule has 0 aromatic carbocycles. The quantitative estimate of drug-likeness (QED) is 0.627. The summed E-state index contributed by atoms with van der Waals surface area (Å²) in [4.78, 5) is 11.3. The van der Waals surface area contributed by atoms with Crippen LogP contribution in [-0.2, 0) is 4.74 Å². The number of halogens is 3. The lowest BCUT2D eigenvalue weighted by Crippen LogP contribution is -2.16. The Hall–Kier alpha value is -0.580. The molecule has 1 aromatic rings. The van der Waals surface area contributed by atoms with Gasteiger partial charge in [-0.1, -0.05) is 34.8 Å². The average molecular weight is 273 g/mol. The van der Waals surface area contributed by atoms with Crippen molar-refractivity contribution in [3.05, 3.63) is 17.9 Å². The van der Waals surface area contributed by atoms with Crippen LogP contribution < -0.4 is 4.74 Å². The number of carbonyl (C=O) groups excluding carboxylic acids is 1. The molecule has 0 bridgehead atoms. The number of alkyl halides is 3. The minimum atomic E-state index is -1.63. The van der Waals surface area contributed by atoms with Gasteiger partial charge >= 0.3 is 5.97 Å². The molecule has 0 atom stereocenters. The molecule has 84 valence electrons. The Balaban J connectivity index is 2.54. The highest BCUT2D eigenvalue weighted by Gasteiger charge is 2.23. The van der Waals surface area contributed by atoms with E-state index in [1.807, 2.05) is 0 Å². The molecular formula is C8H7Cl3O4. The van der Waals surface area contributed by atoms with Crippen molar-refractivity contribution in [3.8, 4) is 5.95 Å². The maximum absolute atomic E-state index is 11.3. The van der Waals surface area contributed by atoms with Gasteiger partial charge in [0.1, 0.15) is 6.61 Å². The molecule has 7 heteroatoms. The molecule has 0 saturated heterocycles. The summed E-state index contributed by atoms with van der Waals surface area (Å²) in [5.41, 5.74) is 0. The summed E-state index contributed by atoms with van der Waals surface area (Å²) in [5, 5.41) is 0. The Morgan fingerprint density at radius 1 is 1.47 bits per heavy atom. The predicted molar refractivity (Wildman–Crippen MR) is 55.8 cm³/mol. The minimum Gasteiger partial charge on any atom is -0.468 e. The van der Waals surface area contributed by atoms with E-state index in [1.165, 1.54) is 19.2 Å². The summed E-state index contributed by atoms with van der Waals surface area (Å²) in [6.45, 7) is -0.348. The number of rotatable bonds is 3. The topological polar surface area (TPSA) is 48.7 Å². The van der Waals surface area contributed by atoms with Gasteiger partial charge in [-0.05, 0) is 6.07 Å². The van der Waals surface area contributed by atoms with Crippen LogP contribution in [0.5, 0.6) is 5.95 Å². The molecule has 0 aliphatic heterocycles. The van der Waals surface area contributed by atoms with Gasteiger partial charge in [-0.25, -0.2) is 4.79 Å². The lowest BCUT2D eigenvalue weighted by molar-refractivity contribution is 0.0470. The third-order valence-electron chi connectivity index (χ3n) is 1.35. The van der Waals surface area contributed by atoms with Gasteiger partial charge in [0, 0.05) is 6.07 Å². The van der Waals surface area contributed by atoms with Crippen LogP contribution in [0.2, 0.25) is 0 Å². The van der Waals surface area contributed by atoms with Crippen molar-refractivity contribution in [2.75, 3.05) is 13.7 Å². The summed E-state index contributed by atoms with van der Waals surface area (Å²) < 4.78 is 12.7. The maximum Gasteiger partial charge on any atom is 0.374 e. The van der Waals surface area contributed by atoms with Crippen LogP contribution in [0.1, 0.15) is 10.6 Å². The second-order valence-electron chi connectivity index (χ2n) is 2.51. The number of carbonyl (C=O) groups is 1. The molecular weight excluding hydrogens is 266 g/mol. The highest BCUT2D eigenvalue weighted by molar-refractivity contribution is 6.67. The van der Waals surface area contributed by atoms with E-state index >= 15 is 0 Å². The Kier molecular flexibility index (Phi) is 4.13. The van der Waals surface area contributed by atoms with E-state index in [4.69, 9.17) is 44.0 Å².